The number of benzene rings is 1. The molecular weight excluding hydrogens is 312 g/mol. The average Bonchev–Trinajstić information content (AvgIpc) is 2.58. The number of hydrogen-bond acceptors (Lipinski definition) is 6. The van der Waals surface area contributed by atoms with Gasteiger partial charge in [0.05, 0.1) is 32.3 Å². The van der Waals surface area contributed by atoms with E-state index in [2.05, 4.69) is 5.32 Å². The first-order chi connectivity index (χ1) is 11.7. The number of ether oxygens (including phenoxy) is 3. The molecule has 2 amide bonds. The minimum absolute atomic E-state index is 0.204. The second kappa shape index (κ2) is 10.0. The third kappa shape index (κ3) is 5.92. The number of piperidine rings is 1. The van der Waals surface area contributed by atoms with E-state index in [0.29, 0.717) is 58.2 Å². The third-order valence-electron chi connectivity index (χ3n) is 3.65. The first-order valence-electron chi connectivity index (χ1n) is 8.12. The van der Waals surface area contributed by atoms with E-state index in [1.807, 2.05) is 24.3 Å². The van der Waals surface area contributed by atoms with Crippen molar-refractivity contribution >= 4 is 11.8 Å². The number of nitrogens with two attached hydrogens (primary N) is 1. The molecule has 1 aliphatic heterocycles. The standard InChI is InChI=1S/C17H24N2O5/c18-7-8-22-9-10-23-11-12-24-14-3-1-13(2-4-14)15-5-6-16(20)19-17(15)21/h1-4,15H,5-12,18H2,(H,19,20,21). The molecule has 24 heavy (non-hydrogen) atoms. The first kappa shape index (κ1) is 18.4. The van der Waals surface area contributed by atoms with Crippen LogP contribution in [0, 0.1) is 0 Å². The highest BCUT2D eigenvalue weighted by Gasteiger charge is 2.27. The fourth-order valence-corrected chi connectivity index (χ4v) is 2.43. The molecule has 1 aromatic carbocycles. The maximum absolute atomic E-state index is 11.8. The van der Waals surface area contributed by atoms with Crippen molar-refractivity contribution in [3.63, 3.8) is 0 Å². The molecule has 2 rings (SSSR count). The number of amides is 2. The lowest BCUT2D eigenvalue weighted by Crippen LogP contribution is -2.39. The Balaban J connectivity index is 1.67. The molecule has 7 heteroatoms. The molecular formula is C17H24N2O5. The molecule has 132 valence electrons. The highest BCUT2D eigenvalue weighted by atomic mass is 16.5. The van der Waals surface area contributed by atoms with Crippen molar-refractivity contribution in [3.8, 4) is 5.75 Å². The van der Waals surface area contributed by atoms with Crippen LogP contribution in [0.25, 0.3) is 0 Å². The summed E-state index contributed by atoms with van der Waals surface area (Å²) in [5, 5.41) is 2.37. The van der Waals surface area contributed by atoms with Crippen LogP contribution in [-0.2, 0) is 19.1 Å². The maximum Gasteiger partial charge on any atom is 0.234 e. The van der Waals surface area contributed by atoms with E-state index >= 15 is 0 Å². The summed E-state index contributed by atoms with van der Waals surface area (Å²) >= 11 is 0. The van der Waals surface area contributed by atoms with E-state index in [0.717, 1.165) is 5.56 Å². The number of imide groups is 1. The summed E-state index contributed by atoms with van der Waals surface area (Å²) in [6, 6.07) is 7.36. The number of carbonyl (C=O) groups is 2. The van der Waals surface area contributed by atoms with E-state index in [-0.39, 0.29) is 17.7 Å². The number of hydrogen-bond donors (Lipinski definition) is 2. The molecule has 1 unspecified atom stereocenters. The topological polar surface area (TPSA) is 99.9 Å². The lowest BCUT2D eigenvalue weighted by molar-refractivity contribution is -0.134. The van der Waals surface area contributed by atoms with Crippen molar-refractivity contribution in [2.45, 2.75) is 18.8 Å². The molecule has 0 radical (unpaired) electrons. The van der Waals surface area contributed by atoms with E-state index in [4.69, 9.17) is 19.9 Å². The monoisotopic (exact) mass is 336 g/mol. The van der Waals surface area contributed by atoms with Crippen LogP contribution in [0.15, 0.2) is 24.3 Å². The molecule has 7 nitrogen and oxygen atoms in total. The Morgan fingerprint density at radius 2 is 1.67 bits per heavy atom. The summed E-state index contributed by atoms with van der Waals surface area (Å²) in [5.74, 6) is 0.0115. The lowest BCUT2D eigenvalue weighted by Gasteiger charge is -2.21. The summed E-state index contributed by atoms with van der Waals surface area (Å²) in [6.07, 6.45) is 0.923. The number of carbonyl (C=O) groups excluding carboxylic acids is 2. The van der Waals surface area contributed by atoms with Crippen molar-refractivity contribution in [1.82, 2.24) is 5.32 Å². The molecule has 0 bridgehead atoms. The van der Waals surface area contributed by atoms with Gasteiger partial charge in [-0.3, -0.25) is 14.9 Å². The molecule has 1 atom stereocenters. The minimum atomic E-state index is -0.270. The van der Waals surface area contributed by atoms with Crippen molar-refractivity contribution in [3.05, 3.63) is 29.8 Å². The van der Waals surface area contributed by atoms with Gasteiger partial charge in [-0.1, -0.05) is 12.1 Å². The van der Waals surface area contributed by atoms with Gasteiger partial charge in [-0.25, -0.2) is 0 Å². The summed E-state index contributed by atoms with van der Waals surface area (Å²) in [5.41, 5.74) is 6.19. The van der Waals surface area contributed by atoms with Crippen LogP contribution in [0.2, 0.25) is 0 Å². The molecule has 1 aliphatic rings. The largest absolute Gasteiger partial charge is 0.491 e. The molecule has 1 heterocycles. The smallest absolute Gasteiger partial charge is 0.234 e. The normalized spacial score (nSPS) is 17.6. The van der Waals surface area contributed by atoms with E-state index in [9.17, 15) is 9.59 Å². The van der Waals surface area contributed by atoms with Crippen LogP contribution in [0.3, 0.4) is 0 Å². The van der Waals surface area contributed by atoms with E-state index in [1.54, 1.807) is 0 Å². The van der Waals surface area contributed by atoms with Gasteiger partial charge >= 0.3 is 0 Å². The minimum Gasteiger partial charge on any atom is -0.491 e. The molecule has 3 N–H and O–H groups in total. The third-order valence-corrected chi connectivity index (χ3v) is 3.65. The van der Waals surface area contributed by atoms with Crippen LogP contribution >= 0.6 is 0 Å². The zero-order valence-corrected chi connectivity index (χ0v) is 13.7. The quantitative estimate of drug-likeness (QED) is 0.479. The van der Waals surface area contributed by atoms with Gasteiger partial charge in [0, 0.05) is 13.0 Å². The van der Waals surface area contributed by atoms with Gasteiger partial charge in [0.1, 0.15) is 12.4 Å². The molecule has 1 aromatic rings. The lowest BCUT2D eigenvalue weighted by atomic mass is 9.90. The van der Waals surface area contributed by atoms with Gasteiger partial charge in [0.25, 0.3) is 0 Å². The highest BCUT2D eigenvalue weighted by molar-refractivity contribution is 6.00. The second-order valence-corrected chi connectivity index (χ2v) is 5.43. The van der Waals surface area contributed by atoms with E-state index < -0.39 is 0 Å². The summed E-state index contributed by atoms with van der Waals surface area (Å²) < 4.78 is 16.1. The summed E-state index contributed by atoms with van der Waals surface area (Å²) in [4.78, 5) is 23.0. The predicted molar refractivity (Wildman–Crippen MR) is 87.8 cm³/mol. The van der Waals surface area contributed by atoms with Crippen molar-refractivity contribution in [1.29, 1.82) is 0 Å². The van der Waals surface area contributed by atoms with Crippen molar-refractivity contribution in [2.24, 2.45) is 5.73 Å². The van der Waals surface area contributed by atoms with Crippen LogP contribution < -0.4 is 15.8 Å². The Morgan fingerprint density at radius 1 is 1.00 bits per heavy atom. The zero-order valence-electron chi connectivity index (χ0n) is 13.7. The van der Waals surface area contributed by atoms with Crippen LogP contribution in [0.1, 0.15) is 24.3 Å². The summed E-state index contributed by atoms with van der Waals surface area (Å²) in [6.45, 7) is 3.00. The van der Waals surface area contributed by atoms with E-state index in [1.165, 1.54) is 0 Å². The fraction of sp³-hybridized carbons (Fsp3) is 0.529. The Kier molecular flexibility index (Phi) is 7.67. The molecule has 0 saturated carbocycles. The van der Waals surface area contributed by atoms with Gasteiger partial charge in [0.15, 0.2) is 0 Å². The molecule has 1 fully saturated rings. The Bertz CT molecular complexity index is 532. The maximum atomic E-state index is 11.8. The first-order valence-corrected chi connectivity index (χ1v) is 8.12. The molecule has 0 aliphatic carbocycles. The number of nitrogens with one attached hydrogen (secondary N) is 1. The Hall–Kier alpha value is -1.96. The van der Waals surface area contributed by atoms with Gasteiger partial charge in [-0.15, -0.1) is 0 Å². The Morgan fingerprint density at radius 3 is 2.33 bits per heavy atom. The van der Waals surface area contributed by atoms with Gasteiger partial charge in [0.2, 0.25) is 11.8 Å². The van der Waals surface area contributed by atoms with Gasteiger partial charge in [-0.2, -0.15) is 0 Å². The molecule has 0 spiro atoms. The molecule has 0 aromatic heterocycles. The summed E-state index contributed by atoms with van der Waals surface area (Å²) in [7, 11) is 0. The Labute approximate surface area is 141 Å². The van der Waals surface area contributed by atoms with Gasteiger partial charge in [-0.05, 0) is 24.1 Å². The number of rotatable bonds is 10. The van der Waals surface area contributed by atoms with Crippen LogP contribution in [-0.4, -0.2) is 51.4 Å². The highest BCUT2D eigenvalue weighted by Crippen LogP contribution is 2.26. The van der Waals surface area contributed by atoms with Crippen molar-refractivity contribution < 1.29 is 23.8 Å². The zero-order chi connectivity index (χ0) is 17.2. The SMILES string of the molecule is NCCOCCOCCOc1ccc(C2CCC(=O)NC2=O)cc1. The fourth-order valence-electron chi connectivity index (χ4n) is 2.43. The van der Waals surface area contributed by atoms with Crippen LogP contribution in [0.5, 0.6) is 5.75 Å². The molecule has 1 saturated heterocycles. The predicted octanol–water partition coefficient (Wildman–Crippen LogP) is 0.577. The second-order valence-electron chi connectivity index (χ2n) is 5.43. The van der Waals surface area contributed by atoms with Crippen LogP contribution in [0.4, 0.5) is 0 Å². The van der Waals surface area contributed by atoms with Crippen molar-refractivity contribution in [2.75, 3.05) is 39.6 Å². The van der Waals surface area contributed by atoms with Gasteiger partial charge < -0.3 is 19.9 Å². The average molecular weight is 336 g/mol.